The molecule has 10 heavy (non-hydrogen) atoms. The van der Waals surface area contributed by atoms with Crippen LogP contribution in [0, 0.1) is 0 Å². The monoisotopic (exact) mass is 160 g/mol. The summed E-state index contributed by atoms with van der Waals surface area (Å²) < 4.78 is 0. The Hall–Kier alpha value is -0.960. The van der Waals surface area contributed by atoms with Crippen molar-refractivity contribution in [2.45, 2.75) is 0 Å². The summed E-state index contributed by atoms with van der Waals surface area (Å²) in [6, 6.07) is 3.20. The van der Waals surface area contributed by atoms with Gasteiger partial charge in [0.05, 0.1) is 5.69 Å². The van der Waals surface area contributed by atoms with Gasteiger partial charge in [-0.25, -0.2) is 0 Å². The van der Waals surface area contributed by atoms with Crippen LogP contribution in [0.2, 0.25) is 0 Å². The molecule has 0 saturated carbocycles. The van der Waals surface area contributed by atoms with Crippen molar-refractivity contribution in [2.24, 2.45) is 0 Å². The largest absolute Gasteiger partial charge is 0.387 e. The van der Waals surface area contributed by atoms with Crippen molar-refractivity contribution in [1.29, 1.82) is 0 Å². The van der Waals surface area contributed by atoms with E-state index in [1.807, 2.05) is 0 Å². The molecule has 2 N–H and O–H groups in total. The molecule has 0 bridgehead atoms. The Morgan fingerprint density at radius 1 is 1.50 bits per heavy atom. The first-order valence-corrected chi connectivity index (χ1v) is 2.69. The molecule has 0 aliphatic heterocycles. The smallest absolute Gasteiger partial charge is 0.248 e. The minimum absolute atomic E-state index is 0. The fourth-order valence-corrected chi connectivity index (χ4v) is 0.566. The highest BCUT2D eigenvalue weighted by atomic mass is 35.5. The molecule has 0 aliphatic rings. The van der Waals surface area contributed by atoms with Crippen molar-refractivity contribution in [3.8, 4) is 0 Å². The third-order valence-electron chi connectivity index (χ3n) is 1.07. The summed E-state index contributed by atoms with van der Waals surface area (Å²) in [5.41, 5.74) is 0.837. The van der Waals surface area contributed by atoms with Gasteiger partial charge in [-0.2, -0.15) is 0 Å². The van der Waals surface area contributed by atoms with Crippen LogP contribution in [0.25, 0.3) is 0 Å². The molecule has 1 rings (SSSR count). The summed E-state index contributed by atoms with van der Waals surface area (Å²) >= 11 is 0. The van der Waals surface area contributed by atoms with E-state index >= 15 is 0 Å². The molecule has 0 atom stereocenters. The molecule has 0 unspecified atom stereocenters. The minimum Gasteiger partial charge on any atom is -0.387 e. The number of hydrogen-bond acceptors (Lipinski definition) is 2. The third kappa shape index (κ3) is 2.11. The van der Waals surface area contributed by atoms with Crippen LogP contribution in [0.15, 0.2) is 23.1 Å². The van der Waals surface area contributed by atoms with E-state index in [0.717, 1.165) is 5.69 Å². The number of aromatic nitrogens is 1. The Morgan fingerprint density at radius 2 is 2.20 bits per heavy atom. The zero-order chi connectivity index (χ0) is 6.69. The fourth-order valence-electron chi connectivity index (χ4n) is 0.566. The van der Waals surface area contributed by atoms with Crippen LogP contribution in [-0.2, 0) is 0 Å². The van der Waals surface area contributed by atoms with Crippen molar-refractivity contribution >= 4 is 18.1 Å². The second-order valence-corrected chi connectivity index (χ2v) is 1.69. The third-order valence-corrected chi connectivity index (χ3v) is 1.07. The van der Waals surface area contributed by atoms with Crippen LogP contribution in [0.1, 0.15) is 0 Å². The average molecular weight is 161 g/mol. The van der Waals surface area contributed by atoms with E-state index in [1.54, 1.807) is 19.3 Å². The first-order valence-electron chi connectivity index (χ1n) is 2.69. The van der Waals surface area contributed by atoms with E-state index in [9.17, 15) is 4.79 Å². The summed E-state index contributed by atoms with van der Waals surface area (Å²) in [5, 5.41) is 2.88. The second kappa shape index (κ2) is 3.95. The molecule has 0 radical (unpaired) electrons. The van der Waals surface area contributed by atoms with E-state index in [1.165, 1.54) is 6.07 Å². The van der Waals surface area contributed by atoms with Crippen molar-refractivity contribution < 1.29 is 0 Å². The lowest BCUT2D eigenvalue weighted by Crippen LogP contribution is -2.02. The highest BCUT2D eigenvalue weighted by molar-refractivity contribution is 5.85. The molecule has 0 saturated heterocycles. The maximum Gasteiger partial charge on any atom is 0.248 e. The first kappa shape index (κ1) is 9.04. The van der Waals surface area contributed by atoms with E-state index < -0.39 is 0 Å². The summed E-state index contributed by atoms with van der Waals surface area (Å²) in [6.45, 7) is 0. The van der Waals surface area contributed by atoms with Gasteiger partial charge < -0.3 is 10.3 Å². The van der Waals surface area contributed by atoms with Gasteiger partial charge >= 0.3 is 0 Å². The summed E-state index contributed by atoms with van der Waals surface area (Å²) in [5.74, 6) is 0. The molecular formula is C6H9ClN2O. The van der Waals surface area contributed by atoms with Crippen molar-refractivity contribution in [3.05, 3.63) is 28.7 Å². The van der Waals surface area contributed by atoms with Gasteiger partial charge in [0.2, 0.25) is 5.56 Å². The van der Waals surface area contributed by atoms with Crippen LogP contribution in [0.5, 0.6) is 0 Å². The number of anilines is 1. The highest BCUT2D eigenvalue weighted by Gasteiger charge is 1.83. The minimum atomic E-state index is -0.0750. The number of hydrogen-bond donors (Lipinski definition) is 2. The molecule has 0 fully saturated rings. The standard InChI is InChI=1S/C6H8N2O.ClH/c1-7-5-2-3-6(9)8-4-5;/h2-4,7H,1H3,(H,8,9);1H. The number of aromatic amines is 1. The normalized spacial score (nSPS) is 8.10. The molecule has 0 spiro atoms. The van der Waals surface area contributed by atoms with Crippen molar-refractivity contribution in [3.63, 3.8) is 0 Å². The van der Waals surface area contributed by atoms with Crippen LogP contribution < -0.4 is 10.9 Å². The fraction of sp³-hybridized carbons (Fsp3) is 0.167. The Labute approximate surface area is 64.9 Å². The van der Waals surface area contributed by atoms with Crippen molar-refractivity contribution in [2.75, 3.05) is 12.4 Å². The molecular weight excluding hydrogens is 152 g/mol. The van der Waals surface area contributed by atoms with Crippen LogP contribution in [0.4, 0.5) is 5.69 Å². The van der Waals surface area contributed by atoms with Gasteiger partial charge in [0.25, 0.3) is 0 Å². The van der Waals surface area contributed by atoms with Crippen LogP contribution >= 0.6 is 12.4 Å². The molecule has 0 amide bonds. The lowest BCUT2D eigenvalue weighted by atomic mass is 10.4. The molecule has 1 aromatic heterocycles. The molecule has 56 valence electrons. The molecule has 3 nitrogen and oxygen atoms in total. The van der Waals surface area contributed by atoms with Gasteiger partial charge in [-0.15, -0.1) is 12.4 Å². The van der Waals surface area contributed by atoms with E-state index in [-0.39, 0.29) is 18.0 Å². The van der Waals surface area contributed by atoms with Crippen LogP contribution in [-0.4, -0.2) is 12.0 Å². The average Bonchev–Trinajstić information content (AvgIpc) is 1.90. The SMILES string of the molecule is CNc1ccc(=O)[nH]c1.Cl. The summed E-state index contributed by atoms with van der Waals surface area (Å²) in [4.78, 5) is 13.0. The Balaban J connectivity index is 0.000000810. The number of nitrogens with one attached hydrogen (secondary N) is 2. The summed E-state index contributed by atoms with van der Waals surface area (Å²) in [7, 11) is 1.80. The van der Waals surface area contributed by atoms with E-state index in [0.29, 0.717) is 0 Å². The van der Waals surface area contributed by atoms with Gasteiger partial charge in [0, 0.05) is 19.3 Å². The molecule has 0 aliphatic carbocycles. The summed E-state index contributed by atoms with van der Waals surface area (Å²) in [6.07, 6.45) is 1.63. The van der Waals surface area contributed by atoms with Gasteiger partial charge in [-0.1, -0.05) is 0 Å². The van der Waals surface area contributed by atoms with Crippen molar-refractivity contribution in [1.82, 2.24) is 4.98 Å². The lowest BCUT2D eigenvalue weighted by molar-refractivity contribution is 1.23. The maximum atomic E-state index is 10.5. The molecule has 1 heterocycles. The predicted molar refractivity (Wildman–Crippen MR) is 43.9 cm³/mol. The Bertz CT molecular complexity index is 225. The first-order chi connectivity index (χ1) is 4.33. The van der Waals surface area contributed by atoms with E-state index in [2.05, 4.69) is 10.3 Å². The number of rotatable bonds is 1. The number of halogens is 1. The topological polar surface area (TPSA) is 44.9 Å². The van der Waals surface area contributed by atoms with Gasteiger partial charge in [-0.05, 0) is 6.07 Å². The molecule has 0 aromatic carbocycles. The quantitative estimate of drug-likeness (QED) is 0.640. The Kier molecular flexibility index (Phi) is 3.57. The number of pyridine rings is 1. The van der Waals surface area contributed by atoms with Gasteiger partial charge in [-0.3, -0.25) is 4.79 Å². The second-order valence-electron chi connectivity index (χ2n) is 1.69. The highest BCUT2D eigenvalue weighted by Crippen LogP contribution is 1.96. The van der Waals surface area contributed by atoms with Crippen LogP contribution in [0.3, 0.4) is 0 Å². The zero-order valence-corrected chi connectivity index (χ0v) is 6.37. The lowest BCUT2D eigenvalue weighted by Gasteiger charge is -1.94. The van der Waals surface area contributed by atoms with E-state index in [4.69, 9.17) is 0 Å². The predicted octanol–water partition coefficient (Wildman–Crippen LogP) is 0.838. The molecule has 1 aromatic rings. The Morgan fingerprint density at radius 3 is 2.60 bits per heavy atom. The van der Waals surface area contributed by atoms with Gasteiger partial charge in [0.1, 0.15) is 0 Å². The maximum absolute atomic E-state index is 10.5. The number of H-pyrrole nitrogens is 1. The molecule has 4 heteroatoms. The zero-order valence-electron chi connectivity index (χ0n) is 5.55. The van der Waals surface area contributed by atoms with Gasteiger partial charge in [0.15, 0.2) is 0 Å².